The summed E-state index contributed by atoms with van der Waals surface area (Å²) in [7, 11) is 0. The van der Waals surface area contributed by atoms with Crippen LogP contribution in [0.3, 0.4) is 0 Å². The van der Waals surface area contributed by atoms with Crippen molar-refractivity contribution in [3.05, 3.63) is 0 Å². The summed E-state index contributed by atoms with van der Waals surface area (Å²) in [6, 6.07) is 0. The van der Waals surface area contributed by atoms with Crippen LogP contribution in [0.5, 0.6) is 0 Å². The van der Waals surface area contributed by atoms with Gasteiger partial charge in [0.05, 0.1) is 5.41 Å². The molecular weight excluding hydrogens is 152 g/mol. The van der Waals surface area contributed by atoms with Gasteiger partial charge >= 0.3 is 0 Å². The molecule has 0 unspecified atom stereocenters. The van der Waals surface area contributed by atoms with Crippen molar-refractivity contribution >= 4 is 24.1 Å². The fourth-order valence-electron chi connectivity index (χ4n) is 0.145. The summed E-state index contributed by atoms with van der Waals surface area (Å²) in [6.45, 7) is 3.27. The first-order valence-electron chi connectivity index (χ1n) is 2.58. The van der Waals surface area contributed by atoms with Gasteiger partial charge in [-0.2, -0.15) is 0 Å². The van der Waals surface area contributed by atoms with Gasteiger partial charge in [0.25, 0.3) is 0 Å². The van der Waals surface area contributed by atoms with E-state index >= 15 is 0 Å². The van der Waals surface area contributed by atoms with Gasteiger partial charge in [-0.15, -0.1) is 12.4 Å². The van der Waals surface area contributed by atoms with Crippen LogP contribution in [-0.2, 0) is 0 Å². The molecule has 0 atom stereocenters. The molecule has 0 amide bonds. The normalized spacial score (nSPS) is 9.80. The summed E-state index contributed by atoms with van der Waals surface area (Å²) in [4.78, 5) is 0. The maximum atomic E-state index is 6.98. The van der Waals surface area contributed by atoms with E-state index in [4.69, 9.17) is 22.3 Å². The van der Waals surface area contributed by atoms with Crippen molar-refractivity contribution in [2.24, 2.45) is 16.9 Å². The Labute approximate surface area is 66.4 Å². The van der Waals surface area contributed by atoms with E-state index in [1.54, 1.807) is 13.8 Å². The number of amidine groups is 2. The largest absolute Gasteiger partial charge is 0.387 e. The van der Waals surface area contributed by atoms with Gasteiger partial charge in [-0.1, -0.05) is 0 Å². The molecule has 0 spiro atoms. The van der Waals surface area contributed by atoms with Crippen LogP contribution >= 0.6 is 12.4 Å². The molecule has 0 fully saturated rings. The molecule has 6 N–H and O–H groups in total. The molecule has 5 heteroatoms. The number of halogens is 1. The van der Waals surface area contributed by atoms with E-state index in [9.17, 15) is 0 Å². The second-order valence-electron chi connectivity index (χ2n) is 2.45. The van der Waals surface area contributed by atoms with E-state index < -0.39 is 5.41 Å². The number of hydrogen-bond acceptors (Lipinski definition) is 2. The molecule has 0 heterocycles. The van der Waals surface area contributed by atoms with Crippen molar-refractivity contribution in [3.63, 3.8) is 0 Å². The first-order valence-corrected chi connectivity index (χ1v) is 2.58. The molecule has 0 rings (SSSR count). The molecule has 0 aliphatic rings. The Bertz CT molecular complexity index is 136. The molecule has 0 aliphatic heterocycles. The van der Waals surface area contributed by atoms with Crippen LogP contribution in [0.1, 0.15) is 13.8 Å². The Hall–Kier alpha value is -0.770. The highest BCUT2D eigenvalue weighted by molar-refractivity contribution is 6.05. The van der Waals surface area contributed by atoms with Crippen molar-refractivity contribution in [3.8, 4) is 0 Å². The summed E-state index contributed by atoms with van der Waals surface area (Å²) in [5.74, 6) is -0.148. The average Bonchev–Trinajstić information content (AvgIpc) is 1.65. The molecule has 0 aliphatic carbocycles. The first kappa shape index (κ1) is 12.0. The Morgan fingerprint density at radius 1 is 1.10 bits per heavy atom. The Kier molecular flexibility index (Phi) is 4.08. The van der Waals surface area contributed by atoms with Crippen LogP contribution in [0.2, 0.25) is 0 Å². The summed E-state index contributed by atoms with van der Waals surface area (Å²) in [6.07, 6.45) is 0. The van der Waals surface area contributed by atoms with Crippen molar-refractivity contribution < 1.29 is 0 Å². The second-order valence-corrected chi connectivity index (χ2v) is 2.45. The third-order valence-electron chi connectivity index (χ3n) is 1.35. The predicted molar refractivity (Wildman–Crippen MR) is 44.9 cm³/mol. The first-order chi connectivity index (χ1) is 3.89. The highest BCUT2D eigenvalue weighted by Gasteiger charge is 2.24. The SMILES string of the molecule is CC(C)(C(=N)N)C(=N)N.Cl. The van der Waals surface area contributed by atoms with Crippen molar-refractivity contribution in [1.82, 2.24) is 0 Å². The Morgan fingerprint density at radius 2 is 1.30 bits per heavy atom. The number of rotatable bonds is 2. The van der Waals surface area contributed by atoms with Gasteiger partial charge in [0.2, 0.25) is 0 Å². The molecule has 0 aromatic rings. The molecular formula is C5H13ClN4. The van der Waals surface area contributed by atoms with E-state index in [0.717, 1.165) is 0 Å². The van der Waals surface area contributed by atoms with Crippen LogP contribution in [-0.4, -0.2) is 11.7 Å². The van der Waals surface area contributed by atoms with Crippen molar-refractivity contribution in [1.29, 1.82) is 10.8 Å². The van der Waals surface area contributed by atoms with Crippen LogP contribution in [0.15, 0.2) is 0 Å². The van der Waals surface area contributed by atoms with Crippen LogP contribution < -0.4 is 11.5 Å². The van der Waals surface area contributed by atoms with E-state index in [1.165, 1.54) is 0 Å². The van der Waals surface area contributed by atoms with Crippen LogP contribution in [0.25, 0.3) is 0 Å². The fraction of sp³-hybridized carbons (Fsp3) is 0.600. The lowest BCUT2D eigenvalue weighted by Gasteiger charge is -2.20. The van der Waals surface area contributed by atoms with Gasteiger partial charge in [-0.25, -0.2) is 0 Å². The van der Waals surface area contributed by atoms with E-state index in [-0.39, 0.29) is 24.1 Å². The highest BCUT2D eigenvalue weighted by atomic mass is 35.5. The molecule has 0 radical (unpaired) electrons. The van der Waals surface area contributed by atoms with Gasteiger partial charge < -0.3 is 11.5 Å². The topological polar surface area (TPSA) is 99.7 Å². The van der Waals surface area contributed by atoms with Gasteiger partial charge in [0, 0.05) is 0 Å². The number of hydrogen-bond donors (Lipinski definition) is 4. The van der Waals surface area contributed by atoms with E-state index in [1.807, 2.05) is 0 Å². The van der Waals surface area contributed by atoms with Gasteiger partial charge in [-0.3, -0.25) is 10.8 Å². The van der Waals surface area contributed by atoms with Crippen molar-refractivity contribution in [2.45, 2.75) is 13.8 Å². The maximum Gasteiger partial charge on any atom is 0.104 e. The summed E-state index contributed by atoms with van der Waals surface area (Å²) in [5.41, 5.74) is 9.49. The third-order valence-corrected chi connectivity index (χ3v) is 1.35. The molecule has 0 saturated heterocycles. The lowest BCUT2D eigenvalue weighted by molar-refractivity contribution is 0.700. The second kappa shape index (κ2) is 3.41. The van der Waals surface area contributed by atoms with Crippen LogP contribution in [0.4, 0.5) is 0 Å². The minimum Gasteiger partial charge on any atom is -0.387 e. The molecule has 4 nitrogen and oxygen atoms in total. The van der Waals surface area contributed by atoms with Gasteiger partial charge in [-0.05, 0) is 13.8 Å². The lowest BCUT2D eigenvalue weighted by Crippen LogP contribution is -2.42. The quantitative estimate of drug-likeness (QED) is 0.349. The lowest BCUT2D eigenvalue weighted by atomic mass is 9.91. The zero-order valence-corrected chi connectivity index (χ0v) is 6.88. The summed E-state index contributed by atoms with van der Waals surface area (Å²) in [5, 5.41) is 14.0. The maximum absolute atomic E-state index is 6.98. The van der Waals surface area contributed by atoms with E-state index in [0.29, 0.717) is 0 Å². The zero-order valence-electron chi connectivity index (χ0n) is 6.06. The van der Waals surface area contributed by atoms with Crippen LogP contribution in [0, 0.1) is 16.2 Å². The molecule has 0 aromatic carbocycles. The predicted octanol–water partition coefficient (Wildman–Crippen LogP) is 0.306. The number of nitrogens with two attached hydrogens (primary N) is 2. The molecule has 10 heavy (non-hydrogen) atoms. The Balaban J connectivity index is 0. The van der Waals surface area contributed by atoms with Gasteiger partial charge in [0.1, 0.15) is 11.7 Å². The zero-order chi connectivity index (χ0) is 7.65. The third kappa shape index (κ3) is 2.23. The summed E-state index contributed by atoms with van der Waals surface area (Å²) < 4.78 is 0. The van der Waals surface area contributed by atoms with E-state index in [2.05, 4.69) is 0 Å². The fourth-order valence-corrected chi connectivity index (χ4v) is 0.145. The average molecular weight is 165 g/mol. The minimum atomic E-state index is -0.778. The molecule has 0 bridgehead atoms. The highest BCUT2D eigenvalue weighted by Crippen LogP contribution is 2.12. The van der Waals surface area contributed by atoms with Gasteiger partial charge in [0.15, 0.2) is 0 Å². The molecule has 0 aromatic heterocycles. The molecule has 60 valence electrons. The monoisotopic (exact) mass is 164 g/mol. The van der Waals surface area contributed by atoms with Crippen molar-refractivity contribution in [2.75, 3.05) is 0 Å². The minimum absolute atomic E-state index is 0. The summed E-state index contributed by atoms with van der Waals surface area (Å²) >= 11 is 0. The smallest absolute Gasteiger partial charge is 0.104 e. The Morgan fingerprint density at radius 3 is 1.30 bits per heavy atom. The molecule has 0 saturated carbocycles. The number of nitrogens with one attached hydrogen (secondary N) is 2. The standard InChI is InChI=1S/C5H12N4.ClH/c1-5(2,3(6)7)4(8)9;/h1-2H3,(H3,6,7)(H3,8,9);1H.